The lowest BCUT2D eigenvalue weighted by molar-refractivity contribution is 0.469. The Kier molecular flexibility index (Phi) is 2.85. The molecule has 0 saturated carbocycles. The molecule has 0 radical (unpaired) electrons. The summed E-state index contributed by atoms with van der Waals surface area (Å²) in [5, 5.41) is 22.2. The molecule has 0 fully saturated rings. The first kappa shape index (κ1) is 11.6. The maximum atomic E-state index is 9.83. The Morgan fingerprint density at radius 3 is 2.89 bits per heavy atom. The maximum absolute atomic E-state index is 9.83. The summed E-state index contributed by atoms with van der Waals surface area (Å²) >= 11 is 0. The van der Waals surface area contributed by atoms with Crippen molar-refractivity contribution >= 4 is 5.69 Å². The molecule has 0 spiro atoms. The molecule has 2 aromatic rings. The molecular weight excluding hydrogens is 236 g/mol. The lowest BCUT2D eigenvalue weighted by Gasteiger charge is -2.15. The fraction of sp³-hybridized carbons (Fsp3) is 0.188. The number of fused-ring (bicyclic) bond motifs is 1. The number of nitrogens with one attached hydrogen (secondary N) is 1. The van der Waals surface area contributed by atoms with Crippen molar-refractivity contribution in [3.63, 3.8) is 0 Å². The van der Waals surface area contributed by atoms with E-state index in [2.05, 4.69) is 11.4 Å². The standard InChI is InChI=1S/C16H14N2O/c17-10-11-3-1-4-12(9-11)18-15-8-7-14-13(15)5-2-6-16(14)19/h1-6,9,15,18-19H,7-8H2. The zero-order chi connectivity index (χ0) is 13.2. The average Bonchev–Trinajstić information content (AvgIpc) is 2.84. The van der Waals surface area contributed by atoms with Crippen molar-refractivity contribution in [2.45, 2.75) is 18.9 Å². The molecule has 2 N–H and O–H groups in total. The smallest absolute Gasteiger partial charge is 0.119 e. The van der Waals surface area contributed by atoms with E-state index in [4.69, 9.17) is 5.26 Å². The van der Waals surface area contributed by atoms with Crippen molar-refractivity contribution in [2.24, 2.45) is 0 Å². The molecular formula is C16H14N2O. The summed E-state index contributed by atoms with van der Waals surface area (Å²) in [6.45, 7) is 0. The average molecular weight is 250 g/mol. The Morgan fingerprint density at radius 2 is 2.05 bits per heavy atom. The van der Waals surface area contributed by atoms with Gasteiger partial charge in [0.05, 0.1) is 17.7 Å². The van der Waals surface area contributed by atoms with Gasteiger partial charge in [-0.15, -0.1) is 0 Å². The van der Waals surface area contributed by atoms with Gasteiger partial charge >= 0.3 is 0 Å². The van der Waals surface area contributed by atoms with Crippen molar-refractivity contribution < 1.29 is 5.11 Å². The van der Waals surface area contributed by atoms with Gasteiger partial charge in [-0.05, 0) is 48.2 Å². The first-order valence-electron chi connectivity index (χ1n) is 6.35. The first-order chi connectivity index (χ1) is 9.28. The second-order valence-corrected chi connectivity index (χ2v) is 4.77. The Hall–Kier alpha value is -2.47. The number of phenols is 1. The van der Waals surface area contributed by atoms with Crippen LogP contribution >= 0.6 is 0 Å². The van der Waals surface area contributed by atoms with Crippen molar-refractivity contribution in [2.75, 3.05) is 5.32 Å². The quantitative estimate of drug-likeness (QED) is 0.859. The zero-order valence-electron chi connectivity index (χ0n) is 10.4. The molecule has 0 aliphatic heterocycles. The summed E-state index contributed by atoms with van der Waals surface area (Å²) in [6, 6.07) is 15.5. The van der Waals surface area contributed by atoms with Crippen molar-refractivity contribution in [1.82, 2.24) is 0 Å². The summed E-state index contributed by atoms with van der Waals surface area (Å²) in [6.07, 6.45) is 1.85. The molecule has 3 nitrogen and oxygen atoms in total. The molecule has 0 bridgehead atoms. The van der Waals surface area contributed by atoms with Crippen LogP contribution in [0.1, 0.15) is 29.2 Å². The van der Waals surface area contributed by atoms with Gasteiger partial charge in [0.2, 0.25) is 0 Å². The third-order valence-electron chi connectivity index (χ3n) is 3.58. The monoisotopic (exact) mass is 250 g/mol. The Balaban J connectivity index is 1.87. The Bertz CT molecular complexity index is 658. The van der Waals surface area contributed by atoms with Gasteiger partial charge in [0.25, 0.3) is 0 Å². The van der Waals surface area contributed by atoms with E-state index in [0.29, 0.717) is 11.3 Å². The summed E-state index contributed by atoms with van der Waals surface area (Å²) in [4.78, 5) is 0. The van der Waals surface area contributed by atoms with Crippen molar-refractivity contribution in [3.8, 4) is 11.8 Å². The van der Waals surface area contributed by atoms with Crippen LogP contribution in [0.4, 0.5) is 5.69 Å². The van der Waals surface area contributed by atoms with Crippen molar-refractivity contribution in [3.05, 3.63) is 59.2 Å². The SMILES string of the molecule is N#Cc1cccc(NC2CCc3c(O)cccc32)c1. The van der Waals surface area contributed by atoms with Gasteiger partial charge in [0, 0.05) is 5.69 Å². The summed E-state index contributed by atoms with van der Waals surface area (Å²) in [5.41, 5.74) is 3.79. The minimum Gasteiger partial charge on any atom is -0.508 e. The van der Waals surface area contributed by atoms with E-state index in [0.717, 1.165) is 29.7 Å². The molecule has 0 heterocycles. The van der Waals surface area contributed by atoms with Crippen LogP contribution in [0.2, 0.25) is 0 Å². The van der Waals surface area contributed by atoms with E-state index in [1.165, 1.54) is 0 Å². The molecule has 0 saturated heterocycles. The minimum atomic E-state index is 0.205. The Labute approximate surface area is 112 Å². The van der Waals surface area contributed by atoms with Crippen LogP contribution in [-0.2, 0) is 6.42 Å². The van der Waals surface area contributed by atoms with E-state index in [-0.39, 0.29) is 6.04 Å². The van der Waals surface area contributed by atoms with Crippen LogP contribution in [-0.4, -0.2) is 5.11 Å². The minimum absolute atomic E-state index is 0.205. The van der Waals surface area contributed by atoms with Gasteiger partial charge in [-0.2, -0.15) is 5.26 Å². The second kappa shape index (κ2) is 4.66. The third-order valence-corrected chi connectivity index (χ3v) is 3.58. The number of rotatable bonds is 2. The number of hydrogen-bond donors (Lipinski definition) is 2. The number of hydrogen-bond acceptors (Lipinski definition) is 3. The van der Waals surface area contributed by atoms with Crippen LogP contribution in [0, 0.1) is 11.3 Å². The molecule has 1 aliphatic rings. The Morgan fingerprint density at radius 1 is 1.21 bits per heavy atom. The largest absolute Gasteiger partial charge is 0.508 e. The van der Waals surface area contributed by atoms with E-state index in [1.54, 1.807) is 12.1 Å². The molecule has 3 rings (SSSR count). The topological polar surface area (TPSA) is 56.0 Å². The highest BCUT2D eigenvalue weighted by atomic mass is 16.3. The van der Waals surface area contributed by atoms with E-state index in [9.17, 15) is 5.11 Å². The van der Waals surface area contributed by atoms with Crippen LogP contribution in [0.5, 0.6) is 5.75 Å². The summed E-state index contributed by atoms with van der Waals surface area (Å²) in [7, 11) is 0. The van der Waals surface area contributed by atoms with E-state index >= 15 is 0 Å². The van der Waals surface area contributed by atoms with Crippen LogP contribution < -0.4 is 5.32 Å². The van der Waals surface area contributed by atoms with Crippen LogP contribution in [0.25, 0.3) is 0 Å². The number of nitriles is 1. The van der Waals surface area contributed by atoms with Gasteiger partial charge < -0.3 is 10.4 Å². The number of benzene rings is 2. The summed E-state index contributed by atoms with van der Waals surface area (Å²) in [5.74, 6) is 0.382. The molecule has 1 atom stereocenters. The molecule has 1 aliphatic carbocycles. The van der Waals surface area contributed by atoms with E-state index < -0.39 is 0 Å². The number of nitrogens with zero attached hydrogens (tertiary/aromatic N) is 1. The molecule has 0 aromatic heterocycles. The molecule has 2 aromatic carbocycles. The molecule has 19 heavy (non-hydrogen) atoms. The van der Waals surface area contributed by atoms with E-state index in [1.807, 2.05) is 30.3 Å². The lowest BCUT2D eigenvalue weighted by Crippen LogP contribution is -2.07. The van der Waals surface area contributed by atoms with Gasteiger partial charge in [-0.1, -0.05) is 18.2 Å². The number of anilines is 1. The third kappa shape index (κ3) is 2.13. The molecule has 3 heteroatoms. The maximum Gasteiger partial charge on any atom is 0.119 e. The number of phenolic OH excluding ortho intramolecular Hbond substituents is 1. The molecule has 94 valence electrons. The normalized spacial score (nSPS) is 16.7. The second-order valence-electron chi connectivity index (χ2n) is 4.77. The fourth-order valence-electron chi connectivity index (χ4n) is 2.66. The predicted molar refractivity (Wildman–Crippen MR) is 73.9 cm³/mol. The highest BCUT2D eigenvalue weighted by Crippen LogP contribution is 2.38. The van der Waals surface area contributed by atoms with Crippen molar-refractivity contribution in [1.29, 1.82) is 5.26 Å². The molecule has 1 unspecified atom stereocenters. The predicted octanol–water partition coefficient (Wildman–Crippen LogP) is 3.36. The highest BCUT2D eigenvalue weighted by molar-refractivity contribution is 5.53. The fourth-order valence-corrected chi connectivity index (χ4v) is 2.66. The van der Waals surface area contributed by atoms with Gasteiger partial charge in [0.1, 0.15) is 5.75 Å². The zero-order valence-corrected chi connectivity index (χ0v) is 10.4. The highest BCUT2D eigenvalue weighted by Gasteiger charge is 2.24. The van der Waals surface area contributed by atoms with Crippen LogP contribution in [0.3, 0.4) is 0 Å². The van der Waals surface area contributed by atoms with Gasteiger partial charge in [-0.3, -0.25) is 0 Å². The molecule has 0 amide bonds. The summed E-state index contributed by atoms with van der Waals surface area (Å²) < 4.78 is 0. The lowest BCUT2D eigenvalue weighted by atomic mass is 10.1. The van der Waals surface area contributed by atoms with Gasteiger partial charge in [0.15, 0.2) is 0 Å². The van der Waals surface area contributed by atoms with Crippen LogP contribution in [0.15, 0.2) is 42.5 Å². The first-order valence-corrected chi connectivity index (χ1v) is 6.35. The number of aromatic hydroxyl groups is 1. The van der Waals surface area contributed by atoms with Gasteiger partial charge in [-0.25, -0.2) is 0 Å².